The van der Waals surface area contributed by atoms with Crippen molar-refractivity contribution in [3.63, 3.8) is 0 Å². The van der Waals surface area contributed by atoms with Crippen molar-refractivity contribution in [2.24, 2.45) is 0 Å². The molecule has 6 heteroatoms. The number of benzene rings is 1. The maximum absolute atomic E-state index is 11.9. The van der Waals surface area contributed by atoms with Gasteiger partial charge in [-0.05, 0) is 12.1 Å². The van der Waals surface area contributed by atoms with Crippen LogP contribution in [-0.4, -0.2) is 58.1 Å². The monoisotopic (exact) mass is 280 g/mol. The summed E-state index contributed by atoms with van der Waals surface area (Å²) in [7, 11) is 6.76. The van der Waals surface area contributed by atoms with Gasteiger partial charge in [0, 0.05) is 14.1 Å². The van der Waals surface area contributed by atoms with Crippen molar-refractivity contribution in [1.29, 1.82) is 0 Å². The van der Waals surface area contributed by atoms with Gasteiger partial charge in [0.2, 0.25) is 0 Å². The first-order valence-electron chi connectivity index (χ1n) is 6.38. The molecule has 0 radical (unpaired) electrons. The molecular weight excluding hydrogens is 258 g/mol. The number of para-hydroxylation sites is 2. The lowest BCUT2D eigenvalue weighted by molar-refractivity contribution is -0.862. The number of quaternary nitrogens is 1. The molecule has 1 aromatic rings. The highest BCUT2D eigenvalue weighted by molar-refractivity contribution is 5.93. The zero-order valence-corrected chi connectivity index (χ0v) is 12.4. The lowest BCUT2D eigenvalue weighted by Crippen LogP contribution is -3.11. The van der Waals surface area contributed by atoms with Gasteiger partial charge in [-0.15, -0.1) is 0 Å². The number of nitrogens with one attached hydrogen (secondary N) is 2. The van der Waals surface area contributed by atoms with Crippen LogP contribution in [0.1, 0.15) is 0 Å². The van der Waals surface area contributed by atoms with Crippen LogP contribution in [0.5, 0.6) is 5.75 Å². The average molecular weight is 280 g/mol. The molecule has 0 aliphatic carbocycles. The third-order valence-corrected chi connectivity index (χ3v) is 2.80. The second kappa shape index (κ2) is 7.49. The molecule has 0 bridgehead atoms. The molecule has 1 atom stereocenters. The molecule has 0 aromatic heterocycles. The zero-order valence-electron chi connectivity index (χ0n) is 12.4. The molecule has 2 N–H and O–H groups in total. The number of likely N-dealkylation sites (N-methyl/N-ethyl adjacent to an activating group) is 2. The smallest absolute Gasteiger partial charge is 0.279 e. The van der Waals surface area contributed by atoms with Crippen molar-refractivity contribution >= 4 is 17.5 Å². The highest BCUT2D eigenvalue weighted by Crippen LogP contribution is 2.22. The minimum absolute atomic E-state index is 0.00686. The predicted molar refractivity (Wildman–Crippen MR) is 76.9 cm³/mol. The molecule has 1 unspecified atom stereocenters. The van der Waals surface area contributed by atoms with Crippen molar-refractivity contribution < 1.29 is 19.2 Å². The second-order valence-electron chi connectivity index (χ2n) is 4.85. The first-order valence-corrected chi connectivity index (χ1v) is 6.38. The summed E-state index contributed by atoms with van der Waals surface area (Å²) >= 11 is 0. The van der Waals surface area contributed by atoms with Crippen LogP contribution in [0, 0.1) is 0 Å². The fourth-order valence-corrected chi connectivity index (χ4v) is 1.70. The van der Waals surface area contributed by atoms with E-state index in [2.05, 4.69) is 5.32 Å². The van der Waals surface area contributed by atoms with E-state index in [0.29, 0.717) is 11.4 Å². The molecule has 0 spiro atoms. The van der Waals surface area contributed by atoms with Gasteiger partial charge in [-0.1, -0.05) is 12.1 Å². The van der Waals surface area contributed by atoms with Crippen LogP contribution >= 0.6 is 0 Å². The van der Waals surface area contributed by atoms with Crippen molar-refractivity contribution in [1.82, 2.24) is 4.90 Å². The van der Waals surface area contributed by atoms with Crippen LogP contribution in [0.3, 0.4) is 0 Å². The summed E-state index contributed by atoms with van der Waals surface area (Å²) in [6, 6.07) is 7.21. The van der Waals surface area contributed by atoms with Crippen LogP contribution in [0.15, 0.2) is 24.3 Å². The maximum Gasteiger partial charge on any atom is 0.279 e. The predicted octanol–water partition coefficient (Wildman–Crippen LogP) is -0.763. The van der Waals surface area contributed by atoms with Crippen LogP contribution in [0.2, 0.25) is 0 Å². The molecule has 6 nitrogen and oxygen atoms in total. The quantitative estimate of drug-likeness (QED) is 0.720. The topological polar surface area (TPSA) is 63.1 Å². The van der Waals surface area contributed by atoms with Gasteiger partial charge in [-0.3, -0.25) is 9.59 Å². The minimum atomic E-state index is -0.154. The molecule has 0 fully saturated rings. The van der Waals surface area contributed by atoms with Gasteiger partial charge in [0.15, 0.2) is 13.1 Å². The van der Waals surface area contributed by atoms with Crippen molar-refractivity contribution in [3.8, 4) is 5.75 Å². The number of amides is 2. The fourth-order valence-electron chi connectivity index (χ4n) is 1.70. The van der Waals surface area contributed by atoms with E-state index >= 15 is 0 Å². The summed E-state index contributed by atoms with van der Waals surface area (Å²) in [6.07, 6.45) is 0. The Hall–Kier alpha value is -2.08. The molecule has 1 rings (SSSR count). The van der Waals surface area contributed by atoms with Crippen molar-refractivity contribution in [3.05, 3.63) is 24.3 Å². The second-order valence-corrected chi connectivity index (χ2v) is 4.85. The minimum Gasteiger partial charge on any atom is -0.495 e. The van der Waals surface area contributed by atoms with E-state index in [0.717, 1.165) is 4.90 Å². The highest BCUT2D eigenvalue weighted by atomic mass is 16.5. The number of nitrogens with zero attached hydrogens (tertiary/aromatic N) is 1. The van der Waals surface area contributed by atoms with Crippen LogP contribution in [0.25, 0.3) is 0 Å². The Bertz CT molecular complexity index is 474. The number of hydrogen-bond donors (Lipinski definition) is 2. The molecular formula is C14H22N3O3+. The van der Waals surface area contributed by atoms with E-state index < -0.39 is 0 Å². The number of carbonyl (C=O) groups is 2. The number of hydrogen-bond acceptors (Lipinski definition) is 3. The van der Waals surface area contributed by atoms with Gasteiger partial charge in [0.05, 0.1) is 19.8 Å². The van der Waals surface area contributed by atoms with Gasteiger partial charge in [0.1, 0.15) is 5.75 Å². The molecule has 0 aliphatic rings. The number of anilines is 1. The largest absolute Gasteiger partial charge is 0.495 e. The summed E-state index contributed by atoms with van der Waals surface area (Å²) in [6.45, 7) is 0.504. The van der Waals surface area contributed by atoms with E-state index in [1.807, 2.05) is 19.2 Å². The van der Waals surface area contributed by atoms with E-state index in [-0.39, 0.29) is 24.9 Å². The summed E-state index contributed by atoms with van der Waals surface area (Å²) in [5, 5.41) is 2.79. The normalized spacial score (nSPS) is 11.6. The Morgan fingerprint density at radius 1 is 1.25 bits per heavy atom. The Morgan fingerprint density at radius 2 is 1.90 bits per heavy atom. The highest BCUT2D eigenvalue weighted by Gasteiger charge is 2.16. The van der Waals surface area contributed by atoms with Crippen molar-refractivity contribution in [2.45, 2.75) is 0 Å². The Labute approximate surface area is 119 Å². The van der Waals surface area contributed by atoms with E-state index in [1.54, 1.807) is 33.3 Å². The summed E-state index contributed by atoms with van der Waals surface area (Å²) in [4.78, 5) is 25.8. The van der Waals surface area contributed by atoms with Gasteiger partial charge >= 0.3 is 0 Å². The first kappa shape index (κ1) is 16.0. The maximum atomic E-state index is 11.9. The third-order valence-electron chi connectivity index (χ3n) is 2.80. The molecule has 20 heavy (non-hydrogen) atoms. The van der Waals surface area contributed by atoms with Gasteiger partial charge < -0.3 is 19.9 Å². The summed E-state index contributed by atoms with van der Waals surface area (Å²) in [5.74, 6) is 0.453. The number of methoxy groups -OCH3 is 1. The molecule has 110 valence electrons. The van der Waals surface area contributed by atoms with E-state index in [4.69, 9.17) is 4.74 Å². The van der Waals surface area contributed by atoms with Gasteiger partial charge in [-0.2, -0.15) is 0 Å². The lowest BCUT2D eigenvalue weighted by Gasteiger charge is -2.16. The Balaban J connectivity index is 2.53. The molecule has 2 amide bonds. The number of rotatable bonds is 6. The van der Waals surface area contributed by atoms with Gasteiger partial charge in [-0.25, -0.2) is 0 Å². The molecule has 0 heterocycles. The van der Waals surface area contributed by atoms with Crippen LogP contribution in [-0.2, 0) is 9.59 Å². The molecule has 0 saturated carbocycles. The Morgan fingerprint density at radius 3 is 2.50 bits per heavy atom. The lowest BCUT2D eigenvalue weighted by atomic mass is 10.3. The fraction of sp³-hybridized carbons (Fsp3) is 0.429. The standard InChI is InChI=1S/C14H21N3O3/c1-16(2)14(19)10-17(3)9-13(18)15-11-7-5-6-8-12(11)20-4/h5-8H,9-10H2,1-4H3,(H,15,18)/p+1. The number of carbonyl (C=O) groups excluding carboxylic acids is 2. The van der Waals surface area contributed by atoms with Gasteiger partial charge in [0.25, 0.3) is 11.8 Å². The molecule has 0 aliphatic heterocycles. The van der Waals surface area contributed by atoms with E-state index in [1.165, 1.54) is 4.90 Å². The Kier molecular flexibility index (Phi) is 5.99. The van der Waals surface area contributed by atoms with Crippen LogP contribution in [0.4, 0.5) is 5.69 Å². The van der Waals surface area contributed by atoms with E-state index in [9.17, 15) is 9.59 Å². The summed E-state index contributed by atoms with van der Waals surface area (Å²) in [5.41, 5.74) is 0.631. The summed E-state index contributed by atoms with van der Waals surface area (Å²) < 4.78 is 5.16. The third kappa shape index (κ3) is 4.89. The SMILES string of the molecule is COc1ccccc1NC(=O)C[NH+](C)CC(=O)N(C)C. The zero-order chi connectivity index (χ0) is 15.1. The number of ether oxygens (including phenoxy) is 1. The average Bonchev–Trinajstić information content (AvgIpc) is 2.38. The molecule has 0 saturated heterocycles. The first-order chi connectivity index (χ1) is 9.43. The molecule has 1 aromatic carbocycles. The van der Waals surface area contributed by atoms with Crippen molar-refractivity contribution in [2.75, 3.05) is 46.7 Å². The van der Waals surface area contributed by atoms with Crippen LogP contribution < -0.4 is 15.0 Å².